The summed E-state index contributed by atoms with van der Waals surface area (Å²) in [6, 6.07) is 7.61. The first-order valence-electron chi connectivity index (χ1n) is 5.82. The molecule has 1 aliphatic rings. The Bertz CT molecular complexity index is 387. The van der Waals surface area contributed by atoms with Crippen LogP contribution in [0.1, 0.15) is 27.7 Å². The molecule has 0 amide bonds. The number of hydrogen-bond acceptors (Lipinski definition) is 4. The van der Waals surface area contributed by atoms with E-state index >= 15 is 0 Å². The normalized spacial score (nSPS) is 20.1. The van der Waals surface area contributed by atoms with Gasteiger partial charge in [-0.25, -0.2) is 0 Å². The third-order valence-electron chi connectivity index (χ3n) is 3.46. The topological polar surface area (TPSA) is 61.5 Å². The molecule has 0 aliphatic carbocycles. The summed E-state index contributed by atoms with van der Waals surface area (Å²) in [6.07, 6.45) is 0. The molecule has 5 heteroatoms. The second kappa shape index (κ2) is 5.12. The Morgan fingerprint density at radius 3 is 1.78 bits per heavy atom. The summed E-state index contributed by atoms with van der Waals surface area (Å²) in [4.78, 5) is 8.00. The largest absolute Gasteiger partial charge is 0.494 e. The van der Waals surface area contributed by atoms with Crippen LogP contribution in [0.3, 0.4) is 0 Å². The minimum atomic E-state index is -0.300. The molecular formula is C13H20BNO3. The molecule has 2 rings (SSSR count). The molecule has 1 heterocycles. The summed E-state index contributed by atoms with van der Waals surface area (Å²) in [5.74, 6) is 0. The minimum Gasteiger partial charge on any atom is -0.399 e. The van der Waals surface area contributed by atoms with Gasteiger partial charge in [-0.2, -0.15) is 0 Å². The van der Waals surface area contributed by atoms with Crippen molar-refractivity contribution in [1.82, 2.24) is 0 Å². The van der Waals surface area contributed by atoms with Crippen LogP contribution in [0.4, 0.5) is 5.69 Å². The van der Waals surface area contributed by atoms with Crippen molar-refractivity contribution >= 4 is 25.1 Å². The highest BCUT2D eigenvalue weighted by Crippen LogP contribution is 2.36. The summed E-state index contributed by atoms with van der Waals surface area (Å²) in [6.45, 7) is 10.2. The van der Waals surface area contributed by atoms with E-state index < -0.39 is 0 Å². The summed E-state index contributed by atoms with van der Waals surface area (Å²) in [7, 11) is -0.300. The van der Waals surface area contributed by atoms with Gasteiger partial charge in [-0.3, -0.25) is 0 Å². The summed E-state index contributed by atoms with van der Waals surface area (Å²) >= 11 is 0. The van der Waals surface area contributed by atoms with Crippen molar-refractivity contribution in [1.29, 1.82) is 0 Å². The molecule has 4 nitrogen and oxygen atoms in total. The Kier molecular flexibility index (Phi) is 4.19. The highest BCUT2D eigenvalue weighted by Gasteiger charge is 2.51. The van der Waals surface area contributed by atoms with Gasteiger partial charge in [0.15, 0.2) is 0 Å². The Balaban J connectivity index is 0.000000771. The average molecular weight is 249 g/mol. The Hall–Kier alpha value is -1.33. The van der Waals surface area contributed by atoms with Gasteiger partial charge in [0, 0.05) is 5.69 Å². The molecule has 1 saturated heterocycles. The number of nitrogens with two attached hydrogens (primary N) is 1. The number of anilines is 1. The van der Waals surface area contributed by atoms with E-state index in [9.17, 15) is 0 Å². The van der Waals surface area contributed by atoms with Crippen LogP contribution in [-0.2, 0) is 14.1 Å². The van der Waals surface area contributed by atoms with Crippen molar-refractivity contribution in [3.63, 3.8) is 0 Å². The van der Waals surface area contributed by atoms with E-state index in [4.69, 9.17) is 19.8 Å². The summed E-state index contributed by atoms with van der Waals surface area (Å²) < 4.78 is 11.9. The zero-order chi connectivity index (χ0) is 14.0. The molecule has 0 unspecified atom stereocenters. The van der Waals surface area contributed by atoms with Gasteiger partial charge in [0.2, 0.25) is 0 Å². The smallest absolute Gasteiger partial charge is 0.399 e. The van der Waals surface area contributed by atoms with Gasteiger partial charge in [-0.05, 0) is 45.3 Å². The minimum absolute atomic E-state index is 0.293. The lowest BCUT2D eigenvalue weighted by molar-refractivity contribution is -0.0979. The summed E-state index contributed by atoms with van der Waals surface area (Å²) in [5, 5.41) is 0. The van der Waals surface area contributed by atoms with Gasteiger partial charge in [-0.15, -0.1) is 0 Å². The molecule has 1 aliphatic heterocycles. The fourth-order valence-corrected chi connectivity index (χ4v) is 1.63. The Labute approximate surface area is 109 Å². The van der Waals surface area contributed by atoms with Crippen molar-refractivity contribution in [3.8, 4) is 0 Å². The molecular weight excluding hydrogens is 229 g/mol. The average Bonchev–Trinajstić information content (AvgIpc) is 2.52. The fourth-order valence-electron chi connectivity index (χ4n) is 1.63. The number of carbonyl (C=O) groups excluding carboxylic acids is 1. The monoisotopic (exact) mass is 249 g/mol. The molecule has 0 atom stereocenters. The van der Waals surface area contributed by atoms with Crippen molar-refractivity contribution in [2.45, 2.75) is 38.9 Å². The van der Waals surface area contributed by atoms with Crippen LogP contribution >= 0.6 is 0 Å². The maximum atomic E-state index is 8.00. The molecule has 0 aromatic heterocycles. The number of hydrogen-bond donors (Lipinski definition) is 1. The Morgan fingerprint density at radius 1 is 1.00 bits per heavy atom. The highest BCUT2D eigenvalue weighted by atomic mass is 16.7. The molecule has 1 aromatic rings. The molecule has 98 valence electrons. The second-order valence-corrected chi connectivity index (χ2v) is 5.25. The lowest BCUT2D eigenvalue weighted by Gasteiger charge is -2.32. The lowest BCUT2D eigenvalue weighted by Crippen LogP contribution is -2.41. The van der Waals surface area contributed by atoms with Crippen LogP contribution in [0, 0.1) is 0 Å². The molecule has 0 saturated carbocycles. The van der Waals surface area contributed by atoms with E-state index in [1.165, 1.54) is 0 Å². The van der Waals surface area contributed by atoms with E-state index in [2.05, 4.69) is 0 Å². The predicted octanol–water partition coefficient (Wildman–Crippen LogP) is 1.38. The maximum Gasteiger partial charge on any atom is 0.494 e. The summed E-state index contributed by atoms with van der Waals surface area (Å²) in [5.41, 5.74) is 6.82. The molecule has 0 bridgehead atoms. The van der Waals surface area contributed by atoms with Crippen LogP contribution in [-0.4, -0.2) is 25.1 Å². The molecule has 18 heavy (non-hydrogen) atoms. The quantitative estimate of drug-likeness (QED) is 0.603. The number of carbonyl (C=O) groups is 1. The first-order chi connectivity index (χ1) is 8.32. The maximum absolute atomic E-state index is 8.00. The third-order valence-corrected chi connectivity index (χ3v) is 3.46. The number of benzene rings is 1. The third kappa shape index (κ3) is 2.74. The zero-order valence-electron chi connectivity index (χ0n) is 11.4. The SMILES string of the molecule is C=O.CC1(C)OB(c2ccc(N)cc2)OC1(C)C. The zero-order valence-corrected chi connectivity index (χ0v) is 11.4. The van der Waals surface area contributed by atoms with Gasteiger partial charge in [0.25, 0.3) is 0 Å². The lowest BCUT2D eigenvalue weighted by atomic mass is 9.79. The van der Waals surface area contributed by atoms with E-state index in [-0.39, 0.29) is 18.3 Å². The molecule has 0 spiro atoms. The van der Waals surface area contributed by atoms with E-state index in [1.807, 2.05) is 58.7 Å². The Morgan fingerprint density at radius 2 is 1.39 bits per heavy atom. The van der Waals surface area contributed by atoms with E-state index in [0.29, 0.717) is 0 Å². The molecule has 1 fully saturated rings. The predicted molar refractivity (Wildman–Crippen MR) is 73.7 cm³/mol. The highest BCUT2D eigenvalue weighted by molar-refractivity contribution is 6.62. The first kappa shape index (κ1) is 14.7. The van der Waals surface area contributed by atoms with E-state index in [1.54, 1.807) is 0 Å². The first-order valence-corrected chi connectivity index (χ1v) is 5.82. The van der Waals surface area contributed by atoms with Crippen molar-refractivity contribution in [2.24, 2.45) is 0 Å². The van der Waals surface area contributed by atoms with Gasteiger partial charge in [0.1, 0.15) is 6.79 Å². The standard InChI is InChI=1S/C12H18BNO2.CH2O/c1-11(2)12(3,4)16-13(15-11)9-5-7-10(14)8-6-9;1-2/h5-8H,14H2,1-4H3;1H2. The van der Waals surface area contributed by atoms with Crippen molar-refractivity contribution in [2.75, 3.05) is 5.73 Å². The number of nitrogen functional groups attached to an aromatic ring is 1. The van der Waals surface area contributed by atoms with Gasteiger partial charge in [-0.1, -0.05) is 12.1 Å². The van der Waals surface area contributed by atoms with Crippen LogP contribution in [0.15, 0.2) is 24.3 Å². The fraction of sp³-hybridized carbons (Fsp3) is 0.462. The van der Waals surface area contributed by atoms with Crippen molar-refractivity contribution < 1.29 is 14.1 Å². The molecule has 1 aromatic carbocycles. The molecule has 0 radical (unpaired) electrons. The van der Waals surface area contributed by atoms with Crippen LogP contribution in [0.25, 0.3) is 0 Å². The van der Waals surface area contributed by atoms with Crippen LogP contribution in [0.5, 0.6) is 0 Å². The van der Waals surface area contributed by atoms with E-state index in [0.717, 1.165) is 11.2 Å². The molecule has 2 N–H and O–H groups in total. The van der Waals surface area contributed by atoms with Gasteiger partial charge in [0.05, 0.1) is 11.2 Å². The van der Waals surface area contributed by atoms with Crippen LogP contribution < -0.4 is 11.2 Å². The van der Waals surface area contributed by atoms with Gasteiger partial charge >= 0.3 is 7.12 Å². The second-order valence-electron chi connectivity index (χ2n) is 5.25. The van der Waals surface area contributed by atoms with Crippen LogP contribution in [0.2, 0.25) is 0 Å². The van der Waals surface area contributed by atoms with Gasteiger partial charge < -0.3 is 19.8 Å². The van der Waals surface area contributed by atoms with Crippen molar-refractivity contribution in [3.05, 3.63) is 24.3 Å². The number of rotatable bonds is 1.